The maximum atomic E-state index is 11.8. The Morgan fingerprint density at radius 1 is 1.65 bits per heavy atom. The van der Waals surface area contributed by atoms with Crippen molar-refractivity contribution < 1.29 is 13.2 Å². The molecule has 4 nitrogen and oxygen atoms in total. The first-order valence-electron chi connectivity index (χ1n) is 4.44. The summed E-state index contributed by atoms with van der Waals surface area (Å²) in [4.78, 5) is 0. The Morgan fingerprint density at radius 2 is 2.29 bits per heavy atom. The van der Waals surface area contributed by atoms with E-state index in [0.717, 1.165) is 11.3 Å². The van der Waals surface area contributed by atoms with Gasteiger partial charge < -0.3 is 4.74 Å². The summed E-state index contributed by atoms with van der Waals surface area (Å²) in [7, 11) is -2.06. The van der Waals surface area contributed by atoms with Crippen LogP contribution in [-0.2, 0) is 14.8 Å². The van der Waals surface area contributed by atoms with E-state index in [-0.39, 0.29) is 17.4 Å². The molecule has 1 aromatic heterocycles. The van der Waals surface area contributed by atoms with Gasteiger partial charge in [-0.05, 0) is 22.0 Å². The van der Waals surface area contributed by atoms with E-state index in [0.29, 0.717) is 8.81 Å². The first-order chi connectivity index (χ1) is 7.86. The number of hydrogen-bond donors (Lipinski definition) is 1. The molecule has 0 fully saturated rings. The lowest BCUT2D eigenvalue weighted by Crippen LogP contribution is -2.31. The van der Waals surface area contributed by atoms with Gasteiger partial charge in [0.15, 0.2) is 0 Å². The van der Waals surface area contributed by atoms with Crippen LogP contribution in [0.4, 0.5) is 0 Å². The van der Waals surface area contributed by atoms with Gasteiger partial charge >= 0.3 is 0 Å². The zero-order chi connectivity index (χ0) is 13.1. The lowest BCUT2D eigenvalue weighted by molar-refractivity contribution is 0.198. The van der Waals surface area contributed by atoms with Crippen molar-refractivity contribution in [3.05, 3.63) is 14.9 Å². The van der Waals surface area contributed by atoms with E-state index in [9.17, 15) is 8.42 Å². The summed E-state index contributed by atoms with van der Waals surface area (Å²) in [5.74, 6) is 0. The Bertz CT molecular complexity index is 458. The summed E-state index contributed by atoms with van der Waals surface area (Å²) in [6.07, 6.45) is 0. The first-order valence-corrected chi connectivity index (χ1v) is 8.35. The van der Waals surface area contributed by atoms with E-state index < -0.39 is 15.4 Å². The summed E-state index contributed by atoms with van der Waals surface area (Å²) >= 11 is 15.8. The van der Waals surface area contributed by atoms with Gasteiger partial charge in [-0.3, -0.25) is 0 Å². The summed E-state index contributed by atoms with van der Waals surface area (Å²) in [6, 6.07) is 1.39. The lowest BCUT2D eigenvalue weighted by atomic mass is 10.5. The number of halogens is 3. The number of rotatable bonds is 6. The second kappa shape index (κ2) is 6.70. The van der Waals surface area contributed by atoms with Crippen LogP contribution in [0.5, 0.6) is 0 Å². The van der Waals surface area contributed by atoms with Crippen LogP contribution in [0.1, 0.15) is 0 Å². The number of hydrogen-bond acceptors (Lipinski definition) is 4. The topological polar surface area (TPSA) is 55.4 Å². The lowest BCUT2D eigenvalue weighted by Gasteiger charge is -2.09. The zero-order valence-corrected chi connectivity index (χ0v) is 13.5. The molecule has 0 saturated carbocycles. The first kappa shape index (κ1) is 15.7. The third-order valence-corrected chi connectivity index (χ3v) is 6.38. The maximum absolute atomic E-state index is 11.8. The van der Waals surface area contributed by atoms with Crippen molar-refractivity contribution in [2.45, 2.75) is 9.59 Å². The normalized spacial score (nSPS) is 13.9. The molecule has 1 aromatic rings. The van der Waals surface area contributed by atoms with Gasteiger partial charge in [-0.25, -0.2) is 13.1 Å². The van der Waals surface area contributed by atoms with Gasteiger partial charge in [0.05, 0.1) is 20.8 Å². The molecule has 0 bridgehead atoms. The van der Waals surface area contributed by atoms with Crippen LogP contribution in [0.25, 0.3) is 0 Å². The Balaban J connectivity index is 2.69. The number of sulfonamides is 1. The smallest absolute Gasteiger partial charge is 0.250 e. The predicted octanol–water partition coefficient (Wildman–Crippen LogP) is 2.70. The molecule has 1 unspecified atom stereocenters. The minimum atomic E-state index is -3.56. The molecular formula is C8H10BrCl2NO3S2. The molecule has 0 saturated heterocycles. The molecule has 1 rings (SSSR count). The molecule has 0 aliphatic heterocycles. The number of methoxy groups -OCH3 is 1. The average molecular weight is 383 g/mol. The number of alkyl halides is 1. The van der Waals surface area contributed by atoms with Crippen LogP contribution in [-0.4, -0.2) is 34.1 Å². The minimum Gasteiger partial charge on any atom is -0.383 e. The summed E-state index contributed by atoms with van der Waals surface area (Å²) in [5, 5.41) is -0.0386. The van der Waals surface area contributed by atoms with Crippen molar-refractivity contribution >= 4 is 60.5 Å². The van der Waals surface area contributed by atoms with Crippen molar-refractivity contribution in [1.82, 2.24) is 4.72 Å². The molecule has 0 aliphatic carbocycles. The van der Waals surface area contributed by atoms with Crippen LogP contribution in [0, 0.1) is 0 Å². The standard InChI is InChI=1S/C8H10BrCl2NO3S2/c1-15-4-5(10)3-12-17(13,14)7-2-6(11)8(9)16-7/h2,5,12H,3-4H2,1H3. The molecule has 1 N–H and O–H groups in total. The van der Waals surface area contributed by atoms with Crippen molar-refractivity contribution in [3.63, 3.8) is 0 Å². The minimum absolute atomic E-state index is 0.102. The fraction of sp³-hybridized carbons (Fsp3) is 0.500. The highest BCUT2D eigenvalue weighted by atomic mass is 79.9. The van der Waals surface area contributed by atoms with Gasteiger partial charge in [0, 0.05) is 13.7 Å². The van der Waals surface area contributed by atoms with Gasteiger partial charge in [0.2, 0.25) is 10.0 Å². The van der Waals surface area contributed by atoms with Gasteiger partial charge in [-0.1, -0.05) is 11.6 Å². The SMILES string of the molecule is COCC(Cl)CNS(=O)(=O)c1cc(Cl)c(Br)s1. The Hall–Kier alpha value is 0.630. The molecule has 9 heteroatoms. The molecule has 17 heavy (non-hydrogen) atoms. The van der Waals surface area contributed by atoms with Gasteiger partial charge in [0.25, 0.3) is 0 Å². The van der Waals surface area contributed by atoms with Crippen molar-refractivity contribution in [1.29, 1.82) is 0 Å². The van der Waals surface area contributed by atoms with Crippen molar-refractivity contribution in [2.24, 2.45) is 0 Å². The summed E-state index contributed by atoms with van der Waals surface area (Å²) < 4.78 is 31.6. The van der Waals surface area contributed by atoms with E-state index in [1.165, 1.54) is 13.2 Å². The molecule has 0 radical (unpaired) electrons. The number of nitrogens with one attached hydrogen (secondary N) is 1. The maximum Gasteiger partial charge on any atom is 0.250 e. The predicted molar refractivity (Wildman–Crippen MR) is 73.7 cm³/mol. The van der Waals surface area contributed by atoms with E-state index in [1.54, 1.807) is 0 Å². The molecule has 0 spiro atoms. The van der Waals surface area contributed by atoms with Crippen molar-refractivity contribution in [3.8, 4) is 0 Å². The Labute approximate surface area is 122 Å². The van der Waals surface area contributed by atoms with E-state index in [2.05, 4.69) is 20.7 Å². The molecule has 1 heterocycles. The third kappa shape index (κ3) is 4.66. The van der Waals surface area contributed by atoms with Crippen molar-refractivity contribution in [2.75, 3.05) is 20.3 Å². The Morgan fingerprint density at radius 3 is 2.76 bits per heavy atom. The zero-order valence-electron chi connectivity index (χ0n) is 8.74. The van der Waals surface area contributed by atoms with E-state index in [4.69, 9.17) is 27.9 Å². The van der Waals surface area contributed by atoms with Crippen LogP contribution >= 0.6 is 50.5 Å². The van der Waals surface area contributed by atoms with Crippen LogP contribution in [0.3, 0.4) is 0 Å². The van der Waals surface area contributed by atoms with E-state index in [1.807, 2.05) is 0 Å². The Kier molecular flexibility index (Phi) is 6.18. The number of thiophene rings is 1. The molecular weight excluding hydrogens is 373 g/mol. The largest absolute Gasteiger partial charge is 0.383 e. The highest BCUT2D eigenvalue weighted by molar-refractivity contribution is 9.11. The summed E-state index contributed by atoms with van der Waals surface area (Å²) in [6.45, 7) is 0.379. The highest BCUT2D eigenvalue weighted by Gasteiger charge is 2.19. The second-order valence-electron chi connectivity index (χ2n) is 3.09. The van der Waals surface area contributed by atoms with Gasteiger partial charge in [-0.2, -0.15) is 0 Å². The van der Waals surface area contributed by atoms with Crippen LogP contribution in [0.2, 0.25) is 5.02 Å². The fourth-order valence-electron chi connectivity index (χ4n) is 0.970. The second-order valence-corrected chi connectivity index (χ2v) is 8.48. The third-order valence-electron chi connectivity index (χ3n) is 1.73. The molecule has 0 aromatic carbocycles. The highest BCUT2D eigenvalue weighted by Crippen LogP contribution is 2.34. The number of ether oxygens (including phenoxy) is 1. The summed E-state index contributed by atoms with van der Waals surface area (Å²) in [5.41, 5.74) is 0. The molecule has 0 aliphatic rings. The fourth-order valence-corrected chi connectivity index (χ4v) is 4.79. The average Bonchev–Trinajstić information content (AvgIpc) is 2.58. The monoisotopic (exact) mass is 381 g/mol. The van der Waals surface area contributed by atoms with E-state index >= 15 is 0 Å². The van der Waals surface area contributed by atoms with Gasteiger partial charge in [0.1, 0.15) is 4.21 Å². The van der Waals surface area contributed by atoms with Crippen LogP contribution in [0.15, 0.2) is 14.1 Å². The quantitative estimate of drug-likeness (QED) is 0.769. The molecule has 0 amide bonds. The molecule has 98 valence electrons. The van der Waals surface area contributed by atoms with Crippen LogP contribution < -0.4 is 4.72 Å². The van der Waals surface area contributed by atoms with Gasteiger partial charge in [-0.15, -0.1) is 22.9 Å². The molecule has 1 atom stereocenters.